The summed E-state index contributed by atoms with van der Waals surface area (Å²) in [6.45, 7) is 5.70. The van der Waals surface area contributed by atoms with Crippen molar-refractivity contribution < 1.29 is 4.74 Å². The lowest BCUT2D eigenvalue weighted by Crippen LogP contribution is -2.35. The van der Waals surface area contributed by atoms with E-state index in [-0.39, 0.29) is 5.56 Å². The molecule has 1 aromatic heterocycles. The Morgan fingerprint density at radius 3 is 2.38 bits per heavy atom. The molecule has 1 unspecified atom stereocenters. The second kappa shape index (κ2) is 12.2. The first-order chi connectivity index (χ1) is 16.4. The molecule has 0 radical (unpaired) electrons. The molecule has 3 aromatic rings. The van der Waals surface area contributed by atoms with Gasteiger partial charge in [0.15, 0.2) is 0 Å². The number of pyridine rings is 1. The maximum absolute atomic E-state index is 13.2. The van der Waals surface area contributed by atoms with E-state index in [1.807, 2.05) is 53.2 Å². The molecule has 0 amide bonds. The fourth-order valence-corrected chi connectivity index (χ4v) is 4.74. The third kappa shape index (κ3) is 6.32. The molecule has 1 saturated heterocycles. The van der Waals surface area contributed by atoms with Gasteiger partial charge in [-0.3, -0.25) is 4.79 Å². The number of hydrogen-bond donors (Lipinski definition) is 4. The fraction of sp³-hybridized carbons (Fsp3) is 0.444. The van der Waals surface area contributed by atoms with Gasteiger partial charge in [-0.05, 0) is 71.4 Å². The van der Waals surface area contributed by atoms with Gasteiger partial charge in [-0.25, -0.2) is 0 Å². The van der Waals surface area contributed by atoms with Gasteiger partial charge in [-0.1, -0.05) is 47.3 Å². The van der Waals surface area contributed by atoms with Crippen LogP contribution in [0.25, 0.3) is 22.0 Å². The molecule has 0 bridgehead atoms. The molecule has 34 heavy (non-hydrogen) atoms. The highest BCUT2D eigenvalue weighted by atomic mass is 35.5. The van der Waals surface area contributed by atoms with Crippen molar-refractivity contribution in [2.45, 2.75) is 45.6 Å². The predicted molar refractivity (Wildman–Crippen MR) is 145 cm³/mol. The molecule has 2 heterocycles. The molecule has 6 nitrogen and oxygen atoms in total. The summed E-state index contributed by atoms with van der Waals surface area (Å²) in [6, 6.07) is 10.4. The van der Waals surface area contributed by atoms with Crippen molar-refractivity contribution in [1.29, 1.82) is 0 Å². The lowest BCUT2D eigenvalue weighted by atomic mass is 9.99. The quantitative estimate of drug-likeness (QED) is 0.384. The Morgan fingerprint density at radius 2 is 1.76 bits per heavy atom. The van der Waals surface area contributed by atoms with Crippen LogP contribution in [-0.2, 0) is 0 Å². The molecule has 1 fully saturated rings. The number of anilines is 1. The lowest BCUT2D eigenvalue weighted by molar-refractivity contribution is 0.271. The Balaban J connectivity index is 0.00000103. The summed E-state index contributed by atoms with van der Waals surface area (Å²) >= 11 is 6.38. The summed E-state index contributed by atoms with van der Waals surface area (Å²) in [4.78, 5) is 16.2. The number of fused-ring (bicyclic) bond motifs is 1. The lowest BCUT2D eigenvalue weighted by Gasteiger charge is -2.24. The smallest absolute Gasteiger partial charge is 0.260 e. The third-order valence-electron chi connectivity index (χ3n) is 5.96. The van der Waals surface area contributed by atoms with Crippen molar-refractivity contribution in [2.75, 3.05) is 39.6 Å². The number of hydrogen-bond acceptors (Lipinski definition) is 5. The molecule has 4 rings (SSSR count). The van der Waals surface area contributed by atoms with Gasteiger partial charge in [-0.2, -0.15) is 0 Å². The number of halogens is 1. The number of piperidine rings is 1. The van der Waals surface area contributed by atoms with E-state index in [1.165, 1.54) is 19.3 Å². The van der Waals surface area contributed by atoms with Gasteiger partial charge in [0, 0.05) is 18.5 Å². The molecule has 1 atom stereocenters. The van der Waals surface area contributed by atoms with Crippen LogP contribution in [0.1, 0.15) is 36.8 Å². The molecule has 1 aliphatic rings. The van der Waals surface area contributed by atoms with Crippen molar-refractivity contribution in [3.63, 3.8) is 0 Å². The topological polar surface area (TPSA) is 78.2 Å². The first kappa shape index (κ1) is 26.1. The largest absolute Gasteiger partial charge is 0.492 e. The van der Waals surface area contributed by atoms with E-state index in [1.54, 1.807) is 6.07 Å². The molecule has 184 valence electrons. The molecule has 7 heteroatoms. The zero-order valence-electron chi connectivity index (χ0n) is 20.9. The number of ether oxygens (including phenoxy) is 1. The van der Waals surface area contributed by atoms with Crippen LogP contribution in [0.5, 0.6) is 5.75 Å². The Bertz CT molecular complexity index is 1150. The molecule has 4 N–H and O–H groups in total. The van der Waals surface area contributed by atoms with Crippen molar-refractivity contribution in [1.82, 2.24) is 15.6 Å². The third-order valence-corrected chi connectivity index (χ3v) is 6.27. The van der Waals surface area contributed by atoms with E-state index in [9.17, 15) is 4.79 Å². The highest BCUT2D eigenvalue weighted by molar-refractivity contribution is 6.34. The molecular weight excluding hydrogens is 448 g/mol. The molecule has 0 aliphatic carbocycles. The Morgan fingerprint density at radius 1 is 1.06 bits per heavy atom. The Kier molecular flexibility index (Phi) is 9.39. The summed E-state index contributed by atoms with van der Waals surface area (Å²) < 4.78 is 6.38. The minimum absolute atomic E-state index is 0.170. The molecular formula is C27H37ClN4O2. The van der Waals surface area contributed by atoms with Crippen LogP contribution in [0, 0.1) is 13.8 Å². The van der Waals surface area contributed by atoms with Gasteiger partial charge >= 0.3 is 0 Å². The molecule has 1 aliphatic heterocycles. The van der Waals surface area contributed by atoms with Crippen LogP contribution in [0.3, 0.4) is 0 Å². The first-order valence-electron chi connectivity index (χ1n) is 12.0. The number of benzene rings is 2. The number of rotatable bonds is 6. The normalized spacial score (nSPS) is 15.5. The summed E-state index contributed by atoms with van der Waals surface area (Å²) in [6.07, 6.45) is 4.57. The van der Waals surface area contributed by atoms with E-state index in [2.05, 4.69) is 27.0 Å². The maximum atomic E-state index is 13.2. The second-order valence-corrected chi connectivity index (χ2v) is 9.35. The van der Waals surface area contributed by atoms with Crippen molar-refractivity contribution in [2.24, 2.45) is 0 Å². The minimum atomic E-state index is -0.170. The van der Waals surface area contributed by atoms with Gasteiger partial charge in [0.2, 0.25) is 0 Å². The fourth-order valence-electron chi connectivity index (χ4n) is 4.48. The van der Waals surface area contributed by atoms with Crippen LogP contribution in [0.15, 0.2) is 35.1 Å². The number of nitrogens with one attached hydrogen (secondary N) is 4. The number of aromatic nitrogens is 1. The molecule has 0 spiro atoms. The average Bonchev–Trinajstić information content (AvgIpc) is 2.79. The summed E-state index contributed by atoms with van der Waals surface area (Å²) in [5, 5.41) is 10.8. The van der Waals surface area contributed by atoms with Crippen LogP contribution in [-0.4, -0.2) is 45.3 Å². The van der Waals surface area contributed by atoms with Crippen LogP contribution < -0.4 is 26.2 Å². The van der Waals surface area contributed by atoms with E-state index in [0.29, 0.717) is 34.5 Å². The number of H-pyrrole nitrogens is 1. The van der Waals surface area contributed by atoms with E-state index < -0.39 is 0 Å². The zero-order valence-corrected chi connectivity index (χ0v) is 21.7. The van der Waals surface area contributed by atoms with Gasteiger partial charge in [0.1, 0.15) is 5.75 Å². The SMILES string of the molecule is CNC.CNc1cc2c(OCCC3CCCCN3)c(-c3cc(C)cc(C)c3)c(=O)[nH]c2cc1Cl. The van der Waals surface area contributed by atoms with Gasteiger partial charge in [-0.15, -0.1) is 0 Å². The van der Waals surface area contributed by atoms with Crippen LogP contribution >= 0.6 is 11.6 Å². The number of aryl methyl sites for hydroxylation is 2. The van der Waals surface area contributed by atoms with Crippen molar-refractivity contribution in [3.8, 4) is 16.9 Å². The summed E-state index contributed by atoms with van der Waals surface area (Å²) in [7, 11) is 5.58. The monoisotopic (exact) mass is 484 g/mol. The summed E-state index contributed by atoms with van der Waals surface area (Å²) in [5.41, 5.74) is 4.96. The highest BCUT2D eigenvalue weighted by Gasteiger charge is 2.19. The maximum Gasteiger partial charge on any atom is 0.260 e. The van der Waals surface area contributed by atoms with E-state index >= 15 is 0 Å². The standard InChI is InChI=1S/C25H30ClN3O2.C2H7N/c1-15-10-16(2)12-17(11-15)23-24(31-9-7-18-6-4-5-8-28-18)19-13-22(27-3)20(26)14-21(19)29-25(23)30;1-3-2/h10-14,18,27-28H,4-9H2,1-3H3,(H,29,30);3H,1-2H3. The first-order valence-corrected chi connectivity index (χ1v) is 12.4. The minimum Gasteiger partial charge on any atom is -0.492 e. The Labute approximate surface area is 207 Å². The Hall–Kier alpha value is -2.54. The van der Waals surface area contributed by atoms with Gasteiger partial charge in [0.05, 0.1) is 28.4 Å². The zero-order chi connectivity index (χ0) is 24.7. The van der Waals surface area contributed by atoms with Gasteiger partial charge < -0.3 is 25.7 Å². The molecule has 2 aromatic carbocycles. The number of aromatic amines is 1. The van der Waals surface area contributed by atoms with Crippen LogP contribution in [0.2, 0.25) is 5.02 Å². The highest BCUT2D eigenvalue weighted by Crippen LogP contribution is 2.37. The average molecular weight is 485 g/mol. The second-order valence-electron chi connectivity index (χ2n) is 8.95. The predicted octanol–water partition coefficient (Wildman–Crippen LogP) is 5.25. The molecule has 0 saturated carbocycles. The van der Waals surface area contributed by atoms with Gasteiger partial charge in [0.25, 0.3) is 5.56 Å². The van der Waals surface area contributed by atoms with E-state index in [4.69, 9.17) is 16.3 Å². The van der Waals surface area contributed by atoms with Crippen LogP contribution in [0.4, 0.5) is 5.69 Å². The van der Waals surface area contributed by atoms with Crippen molar-refractivity contribution in [3.05, 3.63) is 56.8 Å². The van der Waals surface area contributed by atoms with E-state index in [0.717, 1.165) is 40.7 Å². The summed E-state index contributed by atoms with van der Waals surface area (Å²) in [5.74, 6) is 0.618. The van der Waals surface area contributed by atoms with Crippen molar-refractivity contribution >= 4 is 28.2 Å².